The number of nitrogens with one attached hydrogen (secondary N) is 3. The van der Waals surface area contributed by atoms with Crippen molar-refractivity contribution < 1.29 is 38.5 Å². The first-order valence-electron chi connectivity index (χ1n) is 20.4. The van der Waals surface area contributed by atoms with Gasteiger partial charge < -0.3 is 40.2 Å². The Kier molecular flexibility index (Phi) is 18.2. The summed E-state index contributed by atoms with van der Waals surface area (Å²) < 4.78 is 16.7. The number of nitriles is 2. The van der Waals surface area contributed by atoms with Gasteiger partial charge in [0, 0.05) is 40.9 Å². The molecule has 340 valence electrons. The molecule has 2 atom stereocenters. The average molecular weight is 934 g/mol. The van der Waals surface area contributed by atoms with Crippen LogP contribution in [0.15, 0.2) is 58.9 Å². The molecular formula is C45H53ClN8O8S2. The van der Waals surface area contributed by atoms with E-state index in [0.717, 1.165) is 21.2 Å². The van der Waals surface area contributed by atoms with Crippen molar-refractivity contribution in [3.8, 4) is 39.6 Å². The Morgan fingerprint density at radius 3 is 2.12 bits per heavy atom. The number of aromatic nitrogens is 2. The minimum atomic E-state index is -1.29. The number of benzene rings is 2. The number of thiazole rings is 1. The molecule has 0 spiro atoms. The Morgan fingerprint density at radius 1 is 0.906 bits per heavy atom. The van der Waals surface area contributed by atoms with Crippen LogP contribution in [0.25, 0.3) is 21.7 Å². The maximum absolute atomic E-state index is 14.0. The summed E-state index contributed by atoms with van der Waals surface area (Å²) in [6.45, 7) is 11.6. The minimum Gasteiger partial charge on any atom is -0.492 e. The lowest BCUT2D eigenvalue weighted by Crippen LogP contribution is -2.54. The van der Waals surface area contributed by atoms with Gasteiger partial charge in [-0.2, -0.15) is 10.5 Å². The number of aliphatic carboxylic acids is 1. The highest BCUT2D eigenvalue weighted by Gasteiger charge is 2.33. The molecule has 0 saturated carbocycles. The maximum Gasteiger partial charge on any atom is 0.408 e. The van der Waals surface area contributed by atoms with Crippen LogP contribution >= 0.6 is 34.7 Å². The fraction of sp³-hybridized carbons (Fsp3) is 0.422. The number of pyridine rings is 1. The molecule has 0 unspecified atom stereocenters. The fourth-order valence-electron chi connectivity index (χ4n) is 6.08. The summed E-state index contributed by atoms with van der Waals surface area (Å²) >= 11 is 8.87. The zero-order valence-corrected chi connectivity index (χ0v) is 39.4. The highest BCUT2D eigenvalue weighted by atomic mass is 35.5. The predicted molar refractivity (Wildman–Crippen MR) is 246 cm³/mol. The Morgan fingerprint density at radius 2 is 1.53 bits per heavy atom. The van der Waals surface area contributed by atoms with E-state index in [4.69, 9.17) is 30.8 Å². The van der Waals surface area contributed by atoms with Gasteiger partial charge in [0.05, 0.1) is 17.8 Å². The van der Waals surface area contributed by atoms with Crippen LogP contribution in [0.4, 0.5) is 15.4 Å². The molecule has 0 radical (unpaired) electrons. The summed E-state index contributed by atoms with van der Waals surface area (Å²) in [4.78, 5) is 61.7. The van der Waals surface area contributed by atoms with Crippen molar-refractivity contribution in [2.45, 2.75) is 102 Å². The van der Waals surface area contributed by atoms with Crippen LogP contribution in [0.1, 0.15) is 84.5 Å². The number of alkyl carbamates (subject to hydrolysis) is 2. The van der Waals surface area contributed by atoms with Crippen molar-refractivity contribution in [3.05, 3.63) is 75.8 Å². The molecule has 0 aliphatic carbocycles. The summed E-state index contributed by atoms with van der Waals surface area (Å²) in [7, 11) is 1.64. The van der Waals surface area contributed by atoms with Crippen molar-refractivity contribution >= 4 is 64.6 Å². The van der Waals surface area contributed by atoms with E-state index in [0.29, 0.717) is 51.3 Å². The fourth-order valence-corrected chi connectivity index (χ4v) is 8.02. The number of ether oxygens (including phenoxy) is 3. The van der Waals surface area contributed by atoms with E-state index in [1.54, 1.807) is 85.0 Å². The third-order valence-electron chi connectivity index (χ3n) is 9.05. The number of carbonyl (C=O) groups excluding carboxylic acids is 3. The molecule has 2 aromatic carbocycles. The second-order valence-electron chi connectivity index (χ2n) is 16.3. The first-order valence-corrected chi connectivity index (χ1v) is 22.6. The highest BCUT2D eigenvalue weighted by molar-refractivity contribution is 7.98. The van der Waals surface area contributed by atoms with Crippen molar-refractivity contribution in [1.82, 2.24) is 25.5 Å². The van der Waals surface area contributed by atoms with Crippen LogP contribution in [0.2, 0.25) is 5.02 Å². The van der Waals surface area contributed by atoms with E-state index in [1.165, 1.54) is 30.0 Å². The van der Waals surface area contributed by atoms with Crippen LogP contribution in [-0.2, 0) is 24.8 Å². The largest absolute Gasteiger partial charge is 0.492 e. The minimum absolute atomic E-state index is 0.120. The van der Waals surface area contributed by atoms with Crippen LogP contribution in [0.3, 0.4) is 0 Å². The normalized spacial score (nSPS) is 12.2. The lowest BCUT2D eigenvalue weighted by atomic mass is 9.96. The third-order valence-corrected chi connectivity index (χ3v) is 11.3. The van der Waals surface area contributed by atoms with E-state index in [1.807, 2.05) is 17.5 Å². The first kappa shape index (κ1) is 50.6. The highest BCUT2D eigenvalue weighted by Crippen LogP contribution is 2.38. The van der Waals surface area contributed by atoms with E-state index in [2.05, 4.69) is 33.1 Å². The van der Waals surface area contributed by atoms with E-state index in [9.17, 15) is 34.8 Å². The second-order valence-corrected chi connectivity index (χ2v) is 18.6. The molecule has 4 N–H and O–H groups in total. The number of nitrogens with zero attached hydrogens (tertiary/aromatic N) is 5. The number of carboxylic acids is 1. The maximum atomic E-state index is 14.0. The monoisotopic (exact) mass is 932 g/mol. The number of rotatable bonds is 19. The quantitative estimate of drug-likeness (QED) is 0.0509. The molecule has 16 nitrogen and oxygen atoms in total. The Labute approximate surface area is 386 Å². The van der Waals surface area contributed by atoms with Gasteiger partial charge in [0.25, 0.3) is 0 Å². The molecule has 0 bridgehead atoms. The molecule has 0 aliphatic heterocycles. The lowest BCUT2D eigenvalue weighted by Gasteiger charge is -2.31. The first-order chi connectivity index (χ1) is 30.2. The zero-order chi connectivity index (χ0) is 47.2. The number of hydrogen-bond acceptors (Lipinski definition) is 14. The summed E-state index contributed by atoms with van der Waals surface area (Å²) in [6.07, 6.45) is -0.491. The molecule has 64 heavy (non-hydrogen) atoms. The van der Waals surface area contributed by atoms with Crippen LogP contribution < -0.4 is 20.7 Å². The van der Waals surface area contributed by atoms with Gasteiger partial charge in [-0.25, -0.2) is 24.4 Å². The smallest absolute Gasteiger partial charge is 0.408 e. The van der Waals surface area contributed by atoms with Crippen LogP contribution in [0, 0.1) is 22.7 Å². The third kappa shape index (κ3) is 15.0. The number of anilines is 1. The lowest BCUT2D eigenvalue weighted by molar-refractivity contribution is -0.150. The summed E-state index contributed by atoms with van der Waals surface area (Å²) in [5.74, 6) is -0.834. The average Bonchev–Trinajstić information content (AvgIpc) is 3.71. The van der Waals surface area contributed by atoms with Gasteiger partial charge in [0.2, 0.25) is 5.91 Å². The predicted octanol–water partition coefficient (Wildman–Crippen LogP) is 8.87. The van der Waals surface area contributed by atoms with E-state index in [-0.39, 0.29) is 37.2 Å². The number of carbonyl (C=O) groups is 4. The van der Waals surface area contributed by atoms with Crippen LogP contribution in [-0.4, -0.2) is 94.1 Å². The number of hydrogen-bond donors (Lipinski definition) is 4. The topological polar surface area (TPSA) is 229 Å². The molecule has 2 aromatic heterocycles. The van der Waals surface area contributed by atoms with Crippen molar-refractivity contribution in [3.63, 3.8) is 0 Å². The Hall–Kier alpha value is -6.08. The van der Waals surface area contributed by atoms with Gasteiger partial charge in [-0.3, -0.25) is 4.79 Å². The molecule has 4 aromatic rings. The molecule has 2 heterocycles. The molecule has 0 aliphatic rings. The van der Waals surface area contributed by atoms with Gasteiger partial charge in [0.1, 0.15) is 69.2 Å². The van der Waals surface area contributed by atoms with Gasteiger partial charge in [-0.15, -0.1) is 11.3 Å². The standard InChI is InChI=1S/C45H53ClN8O8S2/c1-27(41(56)57)54(40(55)35(52-43(59)62-45(5,6)7)11-9-10-20-50-42(58)61-44(2,3)4)21-22-60-32-18-14-28(15-19-32)36-33(23-47)37(49-8)53-39(34(36)24-48)64-26-31-25-63-38(51-31)29-12-16-30(46)17-13-29/h12-19,25,27,35H,9-11,20-22,26H2,1-8H3,(H,49,53)(H,50,58)(H,52,59)(H,56,57)/t27-,35-/m0/s1. The Balaban J connectivity index is 1.49. The summed E-state index contributed by atoms with van der Waals surface area (Å²) in [5.41, 5.74) is 1.53. The second kappa shape index (κ2) is 23.0. The van der Waals surface area contributed by atoms with Gasteiger partial charge in [-0.05, 0) is 97.6 Å². The van der Waals surface area contributed by atoms with Crippen molar-refractivity contribution in [2.24, 2.45) is 0 Å². The number of amides is 3. The van der Waals surface area contributed by atoms with E-state index >= 15 is 0 Å². The number of halogens is 1. The number of unbranched alkanes of at least 4 members (excludes halogenated alkanes) is 1. The molecular weight excluding hydrogens is 880 g/mol. The zero-order valence-electron chi connectivity index (χ0n) is 37.0. The molecule has 19 heteroatoms. The van der Waals surface area contributed by atoms with E-state index < -0.39 is 47.3 Å². The number of carboxylic acid groups (broad SMARTS) is 1. The molecule has 4 rings (SSSR count). The molecule has 0 fully saturated rings. The van der Waals surface area contributed by atoms with Gasteiger partial charge in [0.15, 0.2) is 0 Å². The SMILES string of the molecule is CNc1nc(SCc2csc(-c3ccc(Cl)cc3)n2)c(C#N)c(-c2ccc(OCCN(C(=O)[C@H](CCCCNC(=O)OC(C)(C)C)NC(=O)OC(C)(C)C)[C@@H](C)C(=O)O)cc2)c1C#N. The summed E-state index contributed by atoms with van der Waals surface area (Å²) in [5, 5.41) is 42.7. The van der Waals surface area contributed by atoms with Gasteiger partial charge >= 0.3 is 18.2 Å². The van der Waals surface area contributed by atoms with Crippen LogP contribution in [0.5, 0.6) is 5.75 Å². The van der Waals surface area contributed by atoms with Gasteiger partial charge in [-0.1, -0.05) is 47.6 Å². The Bertz CT molecular complexity index is 2350. The van der Waals surface area contributed by atoms with Crippen molar-refractivity contribution in [2.75, 3.05) is 32.1 Å². The summed E-state index contributed by atoms with van der Waals surface area (Å²) in [6, 6.07) is 16.1. The number of thioether (sulfide) groups is 1. The van der Waals surface area contributed by atoms with Crippen molar-refractivity contribution in [1.29, 1.82) is 10.5 Å². The molecule has 0 saturated heterocycles. The molecule has 3 amide bonds.